The summed E-state index contributed by atoms with van der Waals surface area (Å²) >= 11 is 0. The second-order valence-corrected chi connectivity index (χ2v) is 8.79. The van der Waals surface area contributed by atoms with Crippen LogP contribution in [0.15, 0.2) is 34.9 Å². The maximum Gasteiger partial charge on any atom is 0.292 e. The molecule has 0 N–H and O–H groups in total. The molecular weight excluding hydrogens is 373 g/mol. The van der Waals surface area contributed by atoms with Crippen molar-refractivity contribution in [2.24, 2.45) is 5.41 Å². The molecule has 3 fully saturated rings. The zero-order valence-electron chi connectivity index (χ0n) is 16.6. The number of halogens is 1. The number of hydrogen-bond acceptors (Lipinski definition) is 4. The van der Waals surface area contributed by atoms with Crippen LogP contribution in [-0.4, -0.2) is 51.4 Å². The molecule has 2 aromatic rings. The number of hydrogen-bond donors (Lipinski definition) is 0. The van der Waals surface area contributed by atoms with Gasteiger partial charge in [-0.1, -0.05) is 12.1 Å². The Labute approximate surface area is 168 Å². The number of nitrogens with zero attached hydrogens (tertiary/aromatic N) is 3. The molecule has 1 aliphatic carbocycles. The van der Waals surface area contributed by atoms with Gasteiger partial charge in [0.05, 0.1) is 6.04 Å². The lowest BCUT2D eigenvalue weighted by Gasteiger charge is -2.49. The van der Waals surface area contributed by atoms with Crippen molar-refractivity contribution in [2.75, 3.05) is 6.54 Å². The lowest BCUT2D eigenvalue weighted by Crippen LogP contribution is -2.57. The van der Waals surface area contributed by atoms with E-state index in [9.17, 15) is 14.0 Å². The molecule has 3 heterocycles. The van der Waals surface area contributed by atoms with Crippen LogP contribution in [0.5, 0.6) is 0 Å². The van der Waals surface area contributed by atoms with Crippen LogP contribution in [-0.2, 0) is 4.79 Å². The average Bonchev–Trinajstić information content (AvgIpc) is 3.28. The van der Waals surface area contributed by atoms with Gasteiger partial charge in [0.1, 0.15) is 11.5 Å². The highest BCUT2D eigenvalue weighted by molar-refractivity contribution is 5.93. The maximum absolute atomic E-state index is 13.4. The number of carbonyl (C=O) groups excluding carboxylic acids is 2. The molecule has 0 spiro atoms. The van der Waals surface area contributed by atoms with Crippen LogP contribution in [0, 0.1) is 11.2 Å². The maximum atomic E-state index is 13.4. The van der Waals surface area contributed by atoms with E-state index in [0.717, 1.165) is 25.7 Å². The molecule has 1 aromatic carbocycles. The van der Waals surface area contributed by atoms with E-state index in [1.54, 1.807) is 25.1 Å². The van der Waals surface area contributed by atoms with Gasteiger partial charge in [0, 0.05) is 42.6 Å². The van der Waals surface area contributed by atoms with E-state index < -0.39 is 0 Å². The van der Waals surface area contributed by atoms with Crippen molar-refractivity contribution in [1.29, 1.82) is 0 Å². The quantitative estimate of drug-likeness (QED) is 0.778. The van der Waals surface area contributed by atoms with Gasteiger partial charge in [-0.05, 0) is 49.9 Å². The van der Waals surface area contributed by atoms with E-state index in [-0.39, 0.29) is 46.9 Å². The van der Waals surface area contributed by atoms with Crippen molar-refractivity contribution in [3.05, 3.63) is 41.9 Å². The van der Waals surface area contributed by atoms with E-state index in [1.807, 2.05) is 9.80 Å². The SMILES string of the molecule is CC(=O)N1[C@@H]2CN(C(=O)c3cc(-c4ccc(F)cc4)no3)[C@@H]3CCC[C@H]1[C@]3(C)C2. The Hall–Kier alpha value is -2.70. The number of likely N-dealkylation sites (tertiary alicyclic amines) is 2. The summed E-state index contributed by atoms with van der Waals surface area (Å²) in [7, 11) is 0. The predicted octanol–water partition coefficient (Wildman–Crippen LogP) is 3.48. The molecule has 1 saturated carbocycles. The molecule has 1 aromatic heterocycles. The molecule has 0 radical (unpaired) electrons. The average molecular weight is 397 g/mol. The predicted molar refractivity (Wildman–Crippen MR) is 103 cm³/mol. The molecule has 4 atom stereocenters. The number of amides is 2. The second-order valence-electron chi connectivity index (χ2n) is 8.79. The number of fused-ring (bicyclic) bond motifs is 1. The second kappa shape index (κ2) is 6.40. The fraction of sp³-hybridized carbons (Fsp3) is 0.500. The minimum absolute atomic E-state index is 0.0558. The van der Waals surface area contributed by atoms with Crippen molar-refractivity contribution < 1.29 is 18.5 Å². The minimum atomic E-state index is -0.326. The van der Waals surface area contributed by atoms with Gasteiger partial charge in [0.15, 0.2) is 0 Å². The van der Waals surface area contributed by atoms with E-state index >= 15 is 0 Å². The summed E-state index contributed by atoms with van der Waals surface area (Å²) < 4.78 is 18.6. The third kappa shape index (κ3) is 2.70. The first-order valence-corrected chi connectivity index (χ1v) is 10.2. The molecule has 6 nitrogen and oxygen atoms in total. The molecule has 7 heteroatoms. The Balaban J connectivity index is 1.45. The van der Waals surface area contributed by atoms with Gasteiger partial charge in [-0.2, -0.15) is 0 Å². The van der Waals surface area contributed by atoms with Crippen LogP contribution < -0.4 is 0 Å². The van der Waals surface area contributed by atoms with E-state index in [0.29, 0.717) is 17.8 Å². The Morgan fingerprint density at radius 2 is 1.93 bits per heavy atom. The monoisotopic (exact) mass is 397 g/mol. The molecule has 152 valence electrons. The molecule has 5 rings (SSSR count). The van der Waals surface area contributed by atoms with Gasteiger partial charge in [-0.15, -0.1) is 0 Å². The summed E-state index contributed by atoms with van der Waals surface area (Å²) in [6, 6.07) is 7.90. The van der Waals surface area contributed by atoms with E-state index in [1.165, 1.54) is 12.1 Å². The Morgan fingerprint density at radius 1 is 1.21 bits per heavy atom. The first-order chi connectivity index (χ1) is 13.9. The topological polar surface area (TPSA) is 66.7 Å². The first kappa shape index (κ1) is 18.3. The van der Waals surface area contributed by atoms with Gasteiger partial charge in [-0.25, -0.2) is 4.39 Å². The standard InChI is InChI=1S/C22H24FN3O3/c1-13(27)26-16-11-22(2)19(4-3-5-20(22)26)25(12-16)21(28)18-10-17(24-29-18)14-6-8-15(23)9-7-14/h6-10,16,19-20H,3-5,11-12H2,1-2H3/t16-,19+,20-,22+/m0/s1. The highest BCUT2D eigenvalue weighted by Gasteiger charge is 2.61. The zero-order valence-corrected chi connectivity index (χ0v) is 16.6. The van der Waals surface area contributed by atoms with Gasteiger partial charge >= 0.3 is 0 Å². The number of aromatic nitrogens is 1. The van der Waals surface area contributed by atoms with Crippen LogP contribution in [0.4, 0.5) is 4.39 Å². The van der Waals surface area contributed by atoms with E-state index in [4.69, 9.17) is 4.52 Å². The highest BCUT2D eigenvalue weighted by atomic mass is 19.1. The molecule has 3 aliphatic rings. The molecular formula is C22H24FN3O3. The van der Waals surface area contributed by atoms with Crippen LogP contribution in [0.1, 0.15) is 50.1 Å². The van der Waals surface area contributed by atoms with Crippen molar-refractivity contribution >= 4 is 11.8 Å². The lowest BCUT2D eigenvalue weighted by atomic mass is 9.65. The number of benzene rings is 1. The normalized spacial score (nSPS) is 30.5. The van der Waals surface area contributed by atoms with Crippen LogP contribution >= 0.6 is 0 Å². The van der Waals surface area contributed by atoms with Crippen LogP contribution in [0.3, 0.4) is 0 Å². The lowest BCUT2D eigenvalue weighted by molar-refractivity contribution is -0.132. The van der Waals surface area contributed by atoms with Crippen LogP contribution in [0.25, 0.3) is 11.3 Å². The summed E-state index contributed by atoms with van der Waals surface area (Å²) in [5, 5.41) is 4.02. The van der Waals surface area contributed by atoms with Crippen molar-refractivity contribution in [2.45, 2.75) is 57.7 Å². The fourth-order valence-corrected chi connectivity index (χ4v) is 5.97. The molecule has 2 aliphatic heterocycles. The van der Waals surface area contributed by atoms with Gasteiger partial charge in [0.2, 0.25) is 11.7 Å². The number of rotatable bonds is 2. The minimum Gasteiger partial charge on any atom is -0.350 e. The van der Waals surface area contributed by atoms with Gasteiger partial charge in [-0.3, -0.25) is 9.59 Å². The van der Waals surface area contributed by atoms with E-state index in [2.05, 4.69) is 12.1 Å². The summed E-state index contributed by atoms with van der Waals surface area (Å²) in [6.07, 6.45) is 3.89. The highest BCUT2D eigenvalue weighted by Crippen LogP contribution is 2.54. The molecule has 2 amide bonds. The Bertz CT molecular complexity index is 972. The van der Waals surface area contributed by atoms with Crippen molar-refractivity contribution in [3.8, 4) is 11.3 Å². The zero-order chi connectivity index (χ0) is 20.3. The smallest absolute Gasteiger partial charge is 0.292 e. The molecule has 29 heavy (non-hydrogen) atoms. The number of carbonyl (C=O) groups is 2. The summed E-state index contributed by atoms with van der Waals surface area (Å²) in [5.41, 5.74) is 1.12. The largest absolute Gasteiger partial charge is 0.350 e. The summed E-state index contributed by atoms with van der Waals surface area (Å²) in [6.45, 7) is 4.38. The number of piperidine rings is 1. The van der Waals surface area contributed by atoms with Gasteiger partial charge in [0.25, 0.3) is 5.91 Å². The molecule has 0 unspecified atom stereocenters. The molecule has 2 bridgehead atoms. The third-order valence-electron chi connectivity index (χ3n) is 7.15. The van der Waals surface area contributed by atoms with Gasteiger partial charge < -0.3 is 14.3 Å². The Morgan fingerprint density at radius 3 is 2.66 bits per heavy atom. The van der Waals surface area contributed by atoms with Crippen LogP contribution in [0.2, 0.25) is 0 Å². The third-order valence-corrected chi connectivity index (χ3v) is 7.15. The van der Waals surface area contributed by atoms with Crippen molar-refractivity contribution in [1.82, 2.24) is 15.0 Å². The Kier molecular flexibility index (Phi) is 4.05. The fourth-order valence-electron chi connectivity index (χ4n) is 5.97. The first-order valence-electron chi connectivity index (χ1n) is 10.2. The summed E-state index contributed by atoms with van der Waals surface area (Å²) in [5.74, 6) is -0.229. The van der Waals surface area contributed by atoms with Crippen molar-refractivity contribution in [3.63, 3.8) is 0 Å². The molecule has 2 saturated heterocycles. The summed E-state index contributed by atoms with van der Waals surface area (Å²) in [4.78, 5) is 29.6.